The molecule has 0 aliphatic heterocycles. The lowest BCUT2D eigenvalue weighted by atomic mass is 10.2. The number of nitrogens with two attached hydrogens (primary N) is 1. The second-order valence-electron chi connectivity index (χ2n) is 3.39. The molecule has 0 radical (unpaired) electrons. The maximum absolute atomic E-state index is 5.43. The Morgan fingerprint density at radius 2 is 2.31 bits per heavy atom. The molecule has 4 heteroatoms. The lowest BCUT2D eigenvalue weighted by Gasteiger charge is -2.05. The normalized spacial score (nSPS) is 11.2. The van der Waals surface area contributed by atoms with Crippen LogP contribution in [-0.4, -0.2) is 16.3 Å². The van der Waals surface area contributed by atoms with Crippen LogP contribution in [0.3, 0.4) is 0 Å². The summed E-state index contributed by atoms with van der Waals surface area (Å²) in [6, 6.07) is 2.47. The first-order valence-corrected chi connectivity index (χ1v) is 5.38. The van der Waals surface area contributed by atoms with Gasteiger partial charge in [0, 0.05) is 6.04 Å². The zero-order chi connectivity index (χ0) is 9.84. The number of rotatable bonds is 4. The molecule has 1 aromatic rings. The first-order valence-electron chi connectivity index (χ1n) is 4.59. The van der Waals surface area contributed by atoms with Crippen molar-refractivity contribution < 1.29 is 0 Å². The monoisotopic (exact) mass is 245 g/mol. The fourth-order valence-electron chi connectivity index (χ4n) is 1.19. The van der Waals surface area contributed by atoms with Crippen LogP contribution in [0.4, 0.5) is 0 Å². The Morgan fingerprint density at radius 3 is 2.77 bits per heavy atom. The number of aryl methyl sites for hydroxylation is 1. The van der Waals surface area contributed by atoms with E-state index < -0.39 is 0 Å². The van der Waals surface area contributed by atoms with Gasteiger partial charge in [-0.15, -0.1) is 0 Å². The van der Waals surface area contributed by atoms with E-state index >= 15 is 0 Å². The van der Waals surface area contributed by atoms with Crippen molar-refractivity contribution in [2.45, 2.75) is 32.7 Å². The van der Waals surface area contributed by atoms with Crippen LogP contribution in [0, 0.1) is 0 Å². The standard InChI is InChI=1S/C9H16BrN3/c1-7(2)13-9(10)6-8(12-13)4-3-5-11/h6-7H,3-5,11H2,1-2H3. The molecule has 3 nitrogen and oxygen atoms in total. The van der Waals surface area contributed by atoms with Gasteiger partial charge in [-0.25, -0.2) is 0 Å². The highest BCUT2D eigenvalue weighted by Gasteiger charge is 2.07. The van der Waals surface area contributed by atoms with Crippen LogP contribution in [0.5, 0.6) is 0 Å². The zero-order valence-corrected chi connectivity index (χ0v) is 9.71. The second kappa shape index (κ2) is 4.77. The third-order valence-electron chi connectivity index (χ3n) is 1.87. The van der Waals surface area contributed by atoms with E-state index in [1.165, 1.54) is 0 Å². The molecule has 0 fully saturated rings. The van der Waals surface area contributed by atoms with E-state index in [9.17, 15) is 0 Å². The summed E-state index contributed by atoms with van der Waals surface area (Å²) in [6.07, 6.45) is 1.97. The van der Waals surface area contributed by atoms with E-state index in [1.807, 2.05) is 4.68 Å². The van der Waals surface area contributed by atoms with E-state index in [0.29, 0.717) is 6.04 Å². The lowest BCUT2D eigenvalue weighted by Crippen LogP contribution is -2.04. The van der Waals surface area contributed by atoms with Crippen LogP contribution in [0.25, 0.3) is 0 Å². The number of halogens is 1. The minimum Gasteiger partial charge on any atom is -0.330 e. The van der Waals surface area contributed by atoms with Gasteiger partial charge in [0.05, 0.1) is 5.69 Å². The van der Waals surface area contributed by atoms with Gasteiger partial charge in [0.1, 0.15) is 4.60 Å². The Labute approximate surface area is 87.4 Å². The summed E-state index contributed by atoms with van der Waals surface area (Å²) in [5.41, 5.74) is 6.55. The molecule has 0 unspecified atom stereocenters. The predicted octanol–water partition coefficient (Wildman–Crippen LogP) is 2.12. The van der Waals surface area contributed by atoms with Crippen molar-refractivity contribution in [2.24, 2.45) is 5.73 Å². The molecule has 74 valence electrons. The average molecular weight is 246 g/mol. The molecule has 0 saturated heterocycles. The van der Waals surface area contributed by atoms with E-state index in [-0.39, 0.29) is 0 Å². The molecular formula is C9H16BrN3. The van der Waals surface area contributed by atoms with Crippen LogP contribution in [0.15, 0.2) is 10.7 Å². The van der Waals surface area contributed by atoms with Gasteiger partial charge in [-0.2, -0.15) is 5.10 Å². The molecule has 0 spiro atoms. The number of hydrogen-bond donors (Lipinski definition) is 1. The van der Waals surface area contributed by atoms with Crippen molar-refractivity contribution in [3.63, 3.8) is 0 Å². The van der Waals surface area contributed by atoms with E-state index in [0.717, 1.165) is 29.7 Å². The van der Waals surface area contributed by atoms with Crippen molar-refractivity contribution in [2.75, 3.05) is 6.54 Å². The Hall–Kier alpha value is -0.350. The largest absolute Gasteiger partial charge is 0.330 e. The van der Waals surface area contributed by atoms with Crippen molar-refractivity contribution in [1.29, 1.82) is 0 Å². The molecule has 0 saturated carbocycles. The molecule has 0 aromatic carbocycles. The van der Waals surface area contributed by atoms with Crippen LogP contribution < -0.4 is 5.73 Å². The van der Waals surface area contributed by atoms with E-state index in [4.69, 9.17) is 5.73 Å². The van der Waals surface area contributed by atoms with Gasteiger partial charge in [0.25, 0.3) is 0 Å². The second-order valence-corrected chi connectivity index (χ2v) is 4.20. The van der Waals surface area contributed by atoms with E-state index in [2.05, 4.69) is 40.9 Å². The quantitative estimate of drug-likeness (QED) is 0.884. The summed E-state index contributed by atoms with van der Waals surface area (Å²) in [7, 11) is 0. The SMILES string of the molecule is CC(C)n1nc(CCCN)cc1Br. The molecular weight excluding hydrogens is 230 g/mol. The summed E-state index contributed by atoms with van der Waals surface area (Å²) >= 11 is 3.48. The first kappa shape index (κ1) is 10.7. The number of hydrogen-bond acceptors (Lipinski definition) is 2. The molecule has 1 rings (SSSR count). The summed E-state index contributed by atoms with van der Waals surface area (Å²) in [4.78, 5) is 0. The fraction of sp³-hybridized carbons (Fsp3) is 0.667. The fourth-order valence-corrected chi connectivity index (χ4v) is 1.94. The van der Waals surface area contributed by atoms with Crippen molar-refractivity contribution >= 4 is 15.9 Å². The average Bonchev–Trinajstić information content (AvgIpc) is 2.43. The lowest BCUT2D eigenvalue weighted by molar-refractivity contribution is 0.515. The maximum atomic E-state index is 5.43. The molecule has 2 N–H and O–H groups in total. The van der Waals surface area contributed by atoms with Gasteiger partial charge in [0.15, 0.2) is 0 Å². The Morgan fingerprint density at radius 1 is 1.62 bits per heavy atom. The van der Waals surface area contributed by atoms with Crippen molar-refractivity contribution in [1.82, 2.24) is 9.78 Å². The molecule has 13 heavy (non-hydrogen) atoms. The minimum atomic E-state index is 0.404. The molecule has 0 aliphatic carbocycles. The number of aromatic nitrogens is 2. The van der Waals surface area contributed by atoms with Gasteiger partial charge in [0.2, 0.25) is 0 Å². The van der Waals surface area contributed by atoms with Crippen molar-refractivity contribution in [3.8, 4) is 0 Å². The summed E-state index contributed by atoms with van der Waals surface area (Å²) in [5, 5.41) is 4.46. The smallest absolute Gasteiger partial charge is 0.104 e. The molecule has 0 bridgehead atoms. The molecule has 0 aliphatic rings. The van der Waals surface area contributed by atoms with Gasteiger partial charge < -0.3 is 5.73 Å². The maximum Gasteiger partial charge on any atom is 0.104 e. The highest BCUT2D eigenvalue weighted by molar-refractivity contribution is 9.10. The van der Waals surface area contributed by atoms with E-state index in [1.54, 1.807) is 0 Å². The first-order chi connectivity index (χ1) is 6.15. The third kappa shape index (κ3) is 2.81. The Kier molecular flexibility index (Phi) is 3.93. The van der Waals surface area contributed by atoms with Crippen LogP contribution in [-0.2, 0) is 6.42 Å². The van der Waals surface area contributed by atoms with Gasteiger partial charge in [-0.3, -0.25) is 4.68 Å². The van der Waals surface area contributed by atoms with Gasteiger partial charge in [-0.1, -0.05) is 0 Å². The zero-order valence-electron chi connectivity index (χ0n) is 8.13. The minimum absolute atomic E-state index is 0.404. The van der Waals surface area contributed by atoms with Gasteiger partial charge >= 0.3 is 0 Å². The summed E-state index contributed by atoms with van der Waals surface area (Å²) in [6.45, 7) is 4.96. The molecule has 1 heterocycles. The summed E-state index contributed by atoms with van der Waals surface area (Å²) < 4.78 is 3.03. The highest BCUT2D eigenvalue weighted by Crippen LogP contribution is 2.17. The molecule has 0 atom stereocenters. The van der Waals surface area contributed by atoms with Crippen LogP contribution in [0.2, 0.25) is 0 Å². The third-order valence-corrected chi connectivity index (χ3v) is 2.46. The van der Waals surface area contributed by atoms with Gasteiger partial charge in [-0.05, 0) is 55.2 Å². The summed E-state index contributed by atoms with van der Waals surface area (Å²) in [5.74, 6) is 0. The van der Waals surface area contributed by atoms with Crippen LogP contribution >= 0.6 is 15.9 Å². The topological polar surface area (TPSA) is 43.8 Å². The number of nitrogens with zero attached hydrogens (tertiary/aromatic N) is 2. The van der Waals surface area contributed by atoms with Crippen molar-refractivity contribution in [3.05, 3.63) is 16.4 Å². The Bertz CT molecular complexity index is 268. The molecule has 0 amide bonds. The Balaban J connectivity index is 2.71. The predicted molar refractivity (Wildman–Crippen MR) is 57.7 cm³/mol. The molecule has 1 aromatic heterocycles. The highest BCUT2D eigenvalue weighted by atomic mass is 79.9. The van der Waals surface area contributed by atoms with Crippen LogP contribution in [0.1, 0.15) is 32.0 Å².